The van der Waals surface area contributed by atoms with Crippen LogP contribution in [0.4, 0.5) is 0 Å². The van der Waals surface area contributed by atoms with Crippen LogP contribution in [0.3, 0.4) is 0 Å². The summed E-state index contributed by atoms with van der Waals surface area (Å²) in [5.41, 5.74) is -0.159. The molecular formula is C13H17NO2S. The van der Waals surface area contributed by atoms with Crippen molar-refractivity contribution in [3.05, 3.63) is 29.8 Å². The molecule has 17 heavy (non-hydrogen) atoms. The third kappa shape index (κ3) is 2.82. The molecule has 0 bridgehead atoms. The van der Waals surface area contributed by atoms with Gasteiger partial charge in [0.2, 0.25) is 0 Å². The van der Waals surface area contributed by atoms with E-state index in [4.69, 9.17) is 0 Å². The number of thiol groups is 1. The Morgan fingerprint density at radius 2 is 2.18 bits per heavy atom. The molecule has 1 saturated heterocycles. The molecule has 1 aliphatic heterocycles. The first kappa shape index (κ1) is 12.5. The van der Waals surface area contributed by atoms with Gasteiger partial charge in [-0.3, -0.25) is 4.79 Å². The number of hydrogen-bond acceptors (Lipinski definition) is 3. The minimum atomic E-state index is -0.764. The van der Waals surface area contributed by atoms with Crippen LogP contribution in [-0.2, 0) is 0 Å². The first-order chi connectivity index (χ1) is 7.99. The van der Waals surface area contributed by atoms with Crippen molar-refractivity contribution in [2.45, 2.75) is 30.3 Å². The number of amides is 1. The van der Waals surface area contributed by atoms with E-state index in [1.54, 1.807) is 24.0 Å². The highest BCUT2D eigenvalue weighted by molar-refractivity contribution is 7.80. The number of β-amino-alcohol motifs (C(OH)–C–C–N with tert-alkyl or cyclic N) is 1. The number of likely N-dealkylation sites (tertiary alicyclic amines) is 1. The summed E-state index contributed by atoms with van der Waals surface area (Å²) in [5, 5.41) is 10.00. The van der Waals surface area contributed by atoms with Crippen LogP contribution in [-0.4, -0.2) is 34.6 Å². The van der Waals surface area contributed by atoms with Crippen molar-refractivity contribution in [3.63, 3.8) is 0 Å². The highest BCUT2D eigenvalue weighted by Crippen LogP contribution is 2.23. The average Bonchev–Trinajstić information content (AvgIpc) is 2.27. The summed E-state index contributed by atoms with van der Waals surface area (Å²) in [6.45, 7) is 2.88. The Morgan fingerprint density at radius 3 is 2.82 bits per heavy atom. The first-order valence-corrected chi connectivity index (χ1v) is 6.24. The van der Waals surface area contributed by atoms with Crippen LogP contribution < -0.4 is 0 Å². The van der Waals surface area contributed by atoms with Gasteiger partial charge in [0, 0.05) is 18.0 Å². The third-order valence-electron chi connectivity index (χ3n) is 3.10. The Bertz CT molecular complexity index is 431. The van der Waals surface area contributed by atoms with Crippen molar-refractivity contribution >= 4 is 18.5 Å². The SMILES string of the molecule is CC1(O)CCCN(C(=O)c2ccccc2S)C1. The van der Waals surface area contributed by atoms with Crippen LogP contribution in [0.15, 0.2) is 29.2 Å². The summed E-state index contributed by atoms with van der Waals surface area (Å²) in [5.74, 6) is -0.0458. The lowest BCUT2D eigenvalue weighted by Crippen LogP contribution is -2.48. The molecule has 1 heterocycles. The lowest BCUT2D eigenvalue weighted by atomic mass is 9.94. The van der Waals surface area contributed by atoms with Gasteiger partial charge in [-0.1, -0.05) is 12.1 Å². The maximum absolute atomic E-state index is 12.3. The Morgan fingerprint density at radius 1 is 1.47 bits per heavy atom. The third-order valence-corrected chi connectivity index (χ3v) is 3.49. The van der Waals surface area contributed by atoms with Gasteiger partial charge in [0.1, 0.15) is 0 Å². The van der Waals surface area contributed by atoms with Gasteiger partial charge < -0.3 is 10.0 Å². The Hall–Kier alpha value is -1.00. The molecule has 3 nitrogen and oxygen atoms in total. The molecule has 92 valence electrons. The molecule has 0 radical (unpaired) electrons. The molecule has 0 saturated carbocycles. The molecule has 1 fully saturated rings. The van der Waals surface area contributed by atoms with E-state index in [0.717, 1.165) is 12.8 Å². The van der Waals surface area contributed by atoms with Crippen LogP contribution in [0.25, 0.3) is 0 Å². The fourth-order valence-corrected chi connectivity index (χ4v) is 2.47. The van der Waals surface area contributed by atoms with Gasteiger partial charge in [-0.2, -0.15) is 0 Å². The monoisotopic (exact) mass is 251 g/mol. The quantitative estimate of drug-likeness (QED) is 0.749. The number of hydrogen-bond donors (Lipinski definition) is 2. The molecule has 0 aliphatic carbocycles. The van der Waals surface area contributed by atoms with Gasteiger partial charge in [0.05, 0.1) is 11.2 Å². The molecule has 1 atom stereocenters. The van der Waals surface area contributed by atoms with Crippen LogP contribution >= 0.6 is 12.6 Å². The van der Waals surface area contributed by atoms with Gasteiger partial charge >= 0.3 is 0 Å². The van der Waals surface area contributed by atoms with Crippen LogP contribution in [0, 0.1) is 0 Å². The second-order valence-electron chi connectivity index (χ2n) is 4.84. The highest BCUT2D eigenvalue weighted by Gasteiger charge is 2.31. The standard InChI is InChI=1S/C13H17NO2S/c1-13(16)7-4-8-14(9-13)12(15)10-5-2-3-6-11(10)17/h2-3,5-6,16-17H,4,7-9H2,1H3. The summed E-state index contributed by atoms with van der Waals surface area (Å²) < 4.78 is 0. The van der Waals surface area contributed by atoms with E-state index in [9.17, 15) is 9.90 Å². The van der Waals surface area contributed by atoms with E-state index >= 15 is 0 Å². The molecule has 1 aromatic carbocycles. The fraction of sp³-hybridized carbons (Fsp3) is 0.462. The number of carbonyl (C=O) groups excluding carboxylic acids is 1. The van der Waals surface area contributed by atoms with Crippen molar-refractivity contribution < 1.29 is 9.90 Å². The predicted octanol–water partition coefficient (Wildman–Crippen LogP) is 1.96. The van der Waals surface area contributed by atoms with Gasteiger partial charge in [-0.25, -0.2) is 0 Å². The van der Waals surface area contributed by atoms with Crippen LogP contribution in [0.2, 0.25) is 0 Å². The van der Waals surface area contributed by atoms with E-state index in [-0.39, 0.29) is 5.91 Å². The summed E-state index contributed by atoms with van der Waals surface area (Å²) in [6.07, 6.45) is 1.59. The number of rotatable bonds is 1. The van der Waals surface area contributed by atoms with Gasteiger partial charge in [0.25, 0.3) is 5.91 Å². The number of benzene rings is 1. The summed E-state index contributed by atoms with van der Waals surface area (Å²) in [4.78, 5) is 14.7. The van der Waals surface area contributed by atoms with E-state index in [0.29, 0.717) is 23.5 Å². The molecule has 2 rings (SSSR count). The second kappa shape index (κ2) is 4.70. The molecule has 4 heteroatoms. The van der Waals surface area contributed by atoms with E-state index < -0.39 is 5.60 Å². The average molecular weight is 251 g/mol. The predicted molar refractivity (Wildman–Crippen MR) is 69.5 cm³/mol. The maximum Gasteiger partial charge on any atom is 0.255 e. The molecule has 0 spiro atoms. The summed E-state index contributed by atoms with van der Waals surface area (Å²) >= 11 is 4.29. The lowest BCUT2D eigenvalue weighted by Gasteiger charge is -2.37. The molecule has 1 aromatic rings. The minimum absolute atomic E-state index is 0.0458. The van der Waals surface area contributed by atoms with E-state index in [1.165, 1.54) is 0 Å². The fourth-order valence-electron chi connectivity index (χ4n) is 2.22. The van der Waals surface area contributed by atoms with E-state index in [1.807, 2.05) is 12.1 Å². The normalized spacial score (nSPS) is 24.8. The zero-order valence-corrected chi connectivity index (χ0v) is 10.8. The largest absolute Gasteiger partial charge is 0.388 e. The van der Waals surface area contributed by atoms with Gasteiger partial charge in [-0.15, -0.1) is 12.6 Å². The molecule has 1 amide bonds. The van der Waals surface area contributed by atoms with Crippen molar-refractivity contribution in [3.8, 4) is 0 Å². The molecule has 1 aliphatic rings. The van der Waals surface area contributed by atoms with Crippen molar-refractivity contribution in [1.29, 1.82) is 0 Å². The maximum atomic E-state index is 12.3. The molecular weight excluding hydrogens is 234 g/mol. The second-order valence-corrected chi connectivity index (χ2v) is 5.33. The zero-order valence-electron chi connectivity index (χ0n) is 9.89. The zero-order chi connectivity index (χ0) is 12.5. The molecule has 1 N–H and O–H groups in total. The lowest BCUT2D eigenvalue weighted by molar-refractivity contribution is -0.0108. The molecule has 1 unspecified atom stereocenters. The van der Waals surface area contributed by atoms with E-state index in [2.05, 4.69) is 12.6 Å². The Kier molecular flexibility index (Phi) is 3.45. The van der Waals surface area contributed by atoms with Crippen LogP contribution in [0.5, 0.6) is 0 Å². The Labute approximate surface area is 107 Å². The number of nitrogens with zero attached hydrogens (tertiary/aromatic N) is 1. The van der Waals surface area contributed by atoms with Gasteiger partial charge in [-0.05, 0) is 31.9 Å². The topological polar surface area (TPSA) is 40.5 Å². The first-order valence-electron chi connectivity index (χ1n) is 5.79. The molecule has 0 aromatic heterocycles. The minimum Gasteiger partial charge on any atom is -0.388 e. The number of piperidine rings is 1. The van der Waals surface area contributed by atoms with Crippen molar-refractivity contribution in [1.82, 2.24) is 4.90 Å². The van der Waals surface area contributed by atoms with Crippen LogP contribution in [0.1, 0.15) is 30.1 Å². The number of aliphatic hydroxyl groups is 1. The Balaban J connectivity index is 2.18. The summed E-state index contributed by atoms with van der Waals surface area (Å²) in [7, 11) is 0. The summed E-state index contributed by atoms with van der Waals surface area (Å²) in [6, 6.07) is 7.26. The highest BCUT2D eigenvalue weighted by atomic mass is 32.1. The smallest absolute Gasteiger partial charge is 0.255 e. The van der Waals surface area contributed by atoms with Crippen molar-refractivity contribution in [2.24, 2.45) is 0 Å². The van der Waals surface area contributed by atoms with Crippen molar-refractivity contribution in [2.75, 3.05) is 13.1 Å². The van der Waals surface area contributed by atoms with Gasteiger partial charge in [0.15, 0.2) is 0 Å². The number of carbonyl (C=O) groups is 1.